The summed E-state index contributed by atoms with van der Waals surface area (Å²) in [5, 5.41) is 0. The van der Waals surface area contributed by atoms with E-state index < -0.39 is 0 Å². The van der Waals surface area contributed by atoms with Crippen LogP contribution in [-0.2, 0) is 4.79 Å². The lowest BCUT2D eigenvalue weighted by molar-refractivity contribution is -0.129. The van der Waals surface area contributed by atoms with Crippen molar-refractivity contribution in [2.24, 2.45) is 11.8 Å². The van der Waals surface area contributed by atoms with Crippen LogP contribution in [-0.4, -0.2) is 23.4 Å². The van der Waals surface area contributed by atoms with Gasteiger partial charge in [0.25, 0.3) is 0 Å². The van der Waals surface area contributed by atoms with Crippen LogP contribution in [0.5, 0.6) is 0 Å². The average Bonchev–Trinajstić information content (AvgIpc) is 2.17. The summed E-state index contributed by atoms with van der Waals surface area (Å²) in [6.45, 7) is 9.16. The number of likely N-dealkylation sites (tertiary alicyclic amines) is 1. The summed E-state index contributed by atoms with van der Waals surface area (Å²) in [5.74, 6) is 1.53. The molecule has 0 saturated carbocycles. The minimum Gasteiger partial charge on any atom is -0.340 e. The topological polar surface area (TPSA) is 20.3 Å². The van der Waals surface area contributed by atoms with Crippen LogP contribution in [0.15, 0.2) is 0 Å². The maximum atomic E-state index is 11.1. The minimum atomic E-state index is 0.216. The van der Waals surface area contributed by atoms with Gasteiger partial charge in [0.05, 0.1) is 0 Å². The Hall–Kier alpha value is -0.530. The van der Waals surface area contributed by atoms with Crippen LogP contribution in [0.3, 0.4) is 0 Å². The molecule has 1 rings (SSSR count). The van der Waals surface area contributed by atoms with Crippen molar-refractivity contribution < 1.29 is 4.79 Å². The number of rotatable bonds is 0. The van der Waals surface area contributed by atoms with Crippen LogP contribution >= 0.6 is 0 Å². The second kappa shape index (κ2) is 2.84. The molecule has 1 heterocycles. The van der Waals surface area contributed by atoms with E-state index >= 15 is 0 Å². The molecule has 1 amide bonds. The van der Waals surface area contributed by atoms with Gasteiger partial charge in [0.15, 0.2) is 0 Å². The third-order valence-corrected chi connectivity index (χ3v) is 3.04. The van der Waals surface area contributed by atoms with E-state index in [2.05, 4.69) is 20.8 Å². The SMILES string of the molecule is CC(=O)N1CC(C)C(C)C1C. The minimum absolute atomic E-state index is 0.216. The molecule has 1 aliphatic heterocycles. The summed E-state index contributed by atoms with van der Waals surface area (Å²) >= 11 is 0. The van der Waals surface area contributed by atoms with Crippen LogP contribution in [0.1, 0.15) is 27.7 Å². The van der Waals surface area contributed by atoms with Gasteiger partial charge in [0.1, 0.15) is 0 Å². The summed E-state index contributed by atoms with van der Waals surface area (Å²) < 4.78 is 0. The zero-order valence-corrected chi connectivity index (χ0v) is 7.79. The largest absolute Gasteiger partial charge is 0.340 e. The Labute approximate surface area is 68.6 Å². The highest BCUT2D eigenvalue weighted by Crippen LogP contribution is 2.28. The van der Waals surface area contributed by atoms with Crippen LogP contribution < -0.4 is 0 Å². The first-order valence-corrected chi connectivity index (χ1v) is 4.31. The van der Waals surface area contributed by atoms with Gasteiger partial charge in [-0.2, -0.15) is 0 Å². The second-order valence-corrected chi connectivity index (χ2v) is 3.75. The Morgan fingerprint density at radius 2 is 1.91 bits per heavy atom. The van der Waals surface area contributed by atoms with Crippen molar-refractivity contribution in [1.29, 1.82) is 0 Å². The summed E-state index contributed by atoms with van der Waals surface area (Å²) in [4.78, 5) is 13.0. The molecule has 1 aliphatic rings. The standard InChI is InChI=1S/C9H17NO/c1-6-5-10(9(4)11)8(3)7(6)2/h6-8H,5H2,1-4H3. The first-order valence-electron chi connectivity index (χ1n) is 4.31. The predicted octanol–water partition coefficient (Wildman–Crippen LogP) is 1.51. The van der Waals surface area contributed by atoms with E-state index in [1.165, 1.54) is 0 Å². The third-order valence-electron chi connectivity index (χ3n) is 3.04. The molecule has 3 atom stereocenters. The van der Waals surface area contributed by atoms with Crippen LogP contribution in [0, 0.1) is 11.8 Å². The van der Waals surface area contributed by atoms with Crippen molar-refractivity contribution in [2.75, 3.05) is 6.54 Å². The van der Waals surface area contributed by atoms with Gasteiger partial charge in [-0.15, -0.1) is 0 Å². The van der Waals surface area contributed by atoms with E-state index in [9.17, 15) is 4.79 Å². The number of carbonyl (C=O) groups excluding carboxylic acids is 1. The first-order chi connectivity index (χ1) is 5.04. The van der Waals surface area contributed by atoms with E-state index in [4.69, 9.17) is 0 Å². The van der Waals surface area contributed by atoms with E-state index in [0.717, 1.165) is 6.54 Å². The van der Waals surface area contributed by atoms with Gasteiger partial charge < -0.3 is 4.90 Å². The Morgan fingerprint density at radius 1 is 1.36 bits per heavy atom. The molecule has 0 aliphatic carbocycles. The predicted molar refractivity (Wildman–Crippen MR) is 45.2 cm³/mol. The Balaban J connectivity index is 2.67. The zero-order chi connectivity index (χ0) is 8.59. The molecule has 0 radical (unpaired) electrons. The number of nitrogens with zero attached hydrogens (tertiary/aromatic N) is 1. The van der Waals surface area contributed by atoms with Gasteiger partial charge in [-0.3, -0.25) is 4.79 Å². The number of hydrogen-bond donors (Lipinski definition) is 0. The normalized spacial score (nSPS) is 37.8. The molecule has 11 heavy (non-hydrogen) atoms. The van der Waals surface area contributed by atoms with Crippen molar-refractivity contribution in [3.05, 3.63) is 0 Å². The average molecular weight is 155 g/mol. The van der Waals surface area contributed by atoms with E-state index in [0.29, 0.717) is 17.9 Å². The van der Waals surface area contributed by atoms with Gasteiger partial charge in [0.2, 0.25) is 5.91 Å². The highest BCUT2D eigenvalue weighted by molar-refractivity contribution is 5.74. The molecule has 2 nitrogen and oxygen atoms in total. The van der Waals surface area contributed by atoms with Gasteiger partial charge in [-0.05, 0) is 18.8 Å². The number of hydrogen-bond acceptors (Lipinski definition) is 1. The molecule has 0 aromatic heterocycles. The Bertz CT molecular complexity index is 167. The maximum absolute atomic E-state index is 11.1. The summed E-state index contributed by atoms with van der Waals surface area (Å²) in [5.41, 5.74) is 0. The molecule has 0 aromatic rings. The quantitative estimate of drug-likeness (QED) is 0.519. The van der Waals surface area contributed by atoms with Gasteiger partial charge >= 0.3 is 0 Å². The Kier molecular flexibility index (Phi) is 2.21. The first kappa shape index (κ1) is 8.57. The lowest BCUT2D eigenvalue weighted by Crippen LogP contribution is -2.33. The molecule has 0 bridgehead atoms. The third kappa shape index (κ3) is 1.39. The van der Waals surface area contributed by atoms with E-state index in [-0.39, 0.29) is 5.91 Å². The van der Waals surface area contributed by atoms with Crippen molar-refractivity contribution in [3.8, 4) is 0 Å². The molecular weight excluding hydrogens is 138 g/mol. The van der Waals surface area contributed by atoms with Crippen LogP contribution in [0.2, 0.25) is 0 Å². The monoisotopic (exact) mass is 155 g/mol. The van der Waals surface area contributed by atoms with Crippen molar-refractivity contribution in [3.63, 3.8) is 0 Å². The van der Waals surface area contributed by atoms with E-state index in [1.54, 1.807) is 6.92 Å². The summed E-state index contributed by atoms with van der Waals surface area (Å²) in [7, 11) is 0. The molecule has 0 aromatic carbocycles. The highest BCUT2D eigenvalue weighted by Gasteiger charge is 2.34. The molecule has 0 N–H and O–H groups in total. The Morgan fingerprint density at radius 3 is 2.09 bits per heavy atom. The molecule has 64 valence electrons. The summed E-state index contributed by atoms with van der Waals surface area (Å²) in [6.07, 6.45) is 0. The lowest BCUT2D eigenvalue weighted by atomic mass is 9.95. The molecule has 0 spiro atoms. The van der Waals surface area contributed by atoms with Gasteiger partial charge in [0, 0.05) is 19.5 Å². The zero-order valence-electron chi connectivity index (χ0n) is 7.79. The smallest absolute Gasteiger partial charge is 0.219 e. The van der Waals surface area contributed by atoms with Crippen molar-refractivity contribution in [2.45, 2.75) is 33.7 Å². The lowest BCUT2D eigenvalue weighted by Gasteiger charge is -2.21. The molecule has 3 unspecified atom stereocenters. The number of amides is 1. The highest BCUT2D eigenvalue weighted by atomic mass is 16.2. The van der Waals surface area contributed by atoms with E-state index in [1.807, 2.05) is 4.90 Å². The number of carbonyl (C=O) groups is 1. The van der Waals surface area contributed by atoms with Crippen molar-refractivity contribution in [1.82, 2.24) is 4.90 Å². The fourth-order valence-electron chi connectivity index (χ4n) is 1.82. The van der Waals surface area contributed by atoms with Gasteiger partial charge in [-0.25, -0.2) is 0 Å². The maximum Gasteiger partial charge on any atom is 0.219 e. The molecule has 1 fully saturated rings. The fourth-order valence-corrected chi connectivity index (χ4v) is 1.82. The summed E-state index contributed by atoms with van der Waals surface area (Å²) in [6, 6.07) is 0.433. The molecular formula is C9H17NO. The second-order valence-electron chi connectivity index (χ2n) is 3.75. The molecule has 1 saturated heterocycles. The molecule has 2 heteroatoms. The van der Waals surface area contributed by atoms with Crippen LogP contribution in [0.4, 0.5) is 0 Å². The van der Waals surface area contributed by atoms with Gasteiger partial charge in [-0.1, -0.05) is 13.8 Å². The van der Waals surface area contributed by atoms with Crippen molar-refractivity contribution >= 4 is 5.91 Å². The van der Waals surface area contributed by atoms with Crippen LogP contribution in [0.25, 0.3) is 0 Å². The fraction of sp³-hybridized carbons (Fsp3) is 0.889.